The minimum atomic E-state index is -0.456. The fraction of sp³-hybridized carbons (Fsp3) is 1.00. The van der Waals surface area contributed by atoms with Crippen LogP contribution in [0.25, 0.3) is 0 Å². The third-order valence-electron chi connectivity index (χ3n) is 2.83. The van der Waals surface area contributed by atoms with Crippen LogP contribution in [0.3, 0.4) is 0 Å². The summed E-state index contributed by atoms with van der Waals surface area (Å²) in [6.45, 7) is 9.95. The summed E-state index contributed by atoms with van der Waals surface area (Å²) < 4.78 is 10.4. The zero-order valence-corrected chi connectivity index (χ0v) is 11.9. The second kappa shape index (κ2) is 9.83. The second-order valence-electron chi connectivity index (χ2n) is 4.92. The Balaban J connectivity index is 3.67. The largest absolute Gasteiger partial charge is 0.389 e. The zero-order valence-electron chi connectivity index (χ0n) is 11.9. The molecule has 0 fully saturated rings. The molecule has 2 N–H and O–H groups in total. The van der Waals surface area contributed by atoms with Crippen molar-refractivity contribution in [2.75, 3.05) is 26.9 Å². The van der Waals surface area contributed by atoms with Crippen molar-refractivity contribution in [2.24, 2.45) is 5.92 Å². The molecule has 3 atom stereocenters. The predicted octanol–water partition coefficient (Wildman–Crippen LogP) is 1.42. The number of rotatable bonds is 10. The lowest BCUT2D eigenvalue weighted by Crippen LogP contribution is -2.40. The zero-order chi connectivity index (χ0) is 13.3. The molecule has 4 nitrogen and oxygen atoms in total. The van der Waals surface area contributed by atoms with E-state index in [1.165, 1.54) is 0 Å². The van der Waals surface area contributed by atoms with Crippen LogP contribution in [0, 0.1) is 5.92 Å². The molecule has 0 heterocycles. The highest BCUT2D eigenvalue weighted by atomic mass is 16.5. The van der Waals surface area contributed by atoms with Crippen molar-refractivity contribution in [2.45, 2.75) is 52.4 Å². The van der Waals surface area contributed by atoms with Crippen LogP contribution in [0.5, 0.6) is 0 Å². The molecule has 0 radical (unpaired) electrons. The molecule has 104 valence electrons. The van der Waals surface area contributed by atoms with E-state index in [2.05, 4.69) is 26.1 Å². The number of nitrogens with one attached hydrogen (secondary N) is 1. The molecule has 0 aromatic carbocycles. The molecule has 0 saturated carbocycles. The van der Waals surface area contributed by atoms with E-state index in [0.717, 1.165) is 6.42 Å². The normalized spacial score (nSPS) is 17.1. The first kappa shape index (κ1) is 16.8. The van der Waals surface area contributed by atoms with Gasteiger partial charge in [0, 0.05) is 19.7 Å². The van der Waals surface area contributed by atoms with Gasteiger partial charge in [-0.25, -0.2) is 0 Å². The van der Waals surface area contributed by atoms with Gasteiger partial charge in [-0.2, -0.15) is 0 Å². The Morgan fingerprint density at radius 2 is 1.82 bits per heavy atom. The van der Waals surface area contributed by atoms with E-state index in [9.17, 15) is 5.11 Å². The maximum atomic E-state index is 9.76. The predicted molar refractivity (Wildman–Crippen MR) is 70.2 cm³/mol. The molecule has 0 aliphatic rings. The molecular weight excluding hydrogens is 218 g/mol. The van der Waals surface area contributed by atoms with Gasteiger partial charge in [-0.3, -0.25) is 0 Å². The SMILES string of the molecule is CCC(NCC(O)COC(C)COC)C(C)C. The highest BCUT2D eigenvalue weighted by Gasteiger charge is 2.13. The average Bonchev–Trinajstić information content (AvgIpc) is 2.27. The third-order valence-corrected chi connectivity index (χ3v) is 2.83. The smallest absolute Gasteiger partial charge is 0.0897 e. The van der Waals surface area contributed by atoms with E-state index >= 15 is 0 Å². The average molecular weight is 247 g/mol. The topological polar surface area (TPSA) is 50.7 Å². The van der Waals surface area contributed by atoms with Crippen LogP contribution in [0.15, 0.2) is 0 Å². The molecule has 0 bridgehead atoms. The summed E-state index contributed by atoms with van der Waals surface area (Å²) >= 11 is 0. The lowest BCUT2D eigenvalue weighted by atomic mass is 10.0. The van der Waals surface area contributed by atoms with Gasteiger partial charge < -0.3 is 19.9 Å². The van der Waals surface area contributed by atoms with Crippen LogP contribution in [0.4, 0.5) is 0 Å². The van der Waals surface area contributed by atoms with E-state index in [0.29, 0.717) is 31.7 Å². The number of aliphatic hydroxyl groups is 1. The number of hydrogen-bond donors (Lipinski definition) is 2. The summed E-state index contributed by atoms with van der Waals surface area (Å²) in [5.74, 6) is 0.584. The van der Waals surface area contributed by atoms with E-state index in [1.54, 1.807) is 7.11 Å². The summed E-state index contributed by atoms with van der Waals surface area (Å²) in [6, 6.07) is 0.459. The molecule has 0 aromatic heterocycles. The Kier molecular flexibility index (Phi) is 9.74. The van der Waals surface area contributed by atoms with Crippen molar-refractivity contribution in [3.8, 4) is 0 Å². The van der Waals surface area contributed by atoms with Crippen molar-refractivity contribution in [1.29, 1.82) is 0 Å². The Labute approximate surface area is 106 Å². The Morgan fingerprint density at radius 3 is 2.29 bits per heavy atom. The van der Waals surface area contributed by atoms with Gasteiger partial charge in [-0.1, -0.05) is 20.8 Å². The maximum Gasteiger partial charge on any atom is 0.0897 e. The van der Waals surface area contributed by atoms with Crippen LogP contribution in [-0.2, 0) is 9.47 Å². The summed E-state index contributed by atoms with van der Waals surface area (Å²) in [6.07, 6.45) is 0.648. The highest BCUT2D eigenvalue weighted by molar-refractivity contribution is 4.71. The molecular formula is C13H29NO3. The monoisotopic (exact) mass is 247 g/mol. The minimum Gasteiger partial charge on any atom is -0.389 e. The molecule has 4 heteroatoms. The number of hydrogen-bond acceptors (Lipinski definition) is 4. The van der Waals surface area contributed by atoms with Crippen LogP contribution in [0.1, 0.15) is 34.1 Å². The Hall–Kier alpha value is -0.160. The van der Waals surface area contributed by atoms with E-state index < -0.39 is 6.10 Å². The Morgan fingerprint density at radius 1 is 1.18 bits per heavy atom. The lowest BCUT2D eigenvalue weighted by molar-refractivity contribution is -0.0318. The third kappa shape index (κ3) is 8.55. The van der Waals surface area contributed by atoms with Gasteiger partial charge in [0.15, 0.2) is 0 Å². The van der Waals surface area contributed by atoms with Crippen LogP contribution >= 0.6 is 0 Å². The fourth-order valence-corrected chi connectivity index (χ4v) is 1.76. The molecule has 0 aliphatic heterocycles. The van der Waals surface area contributed by atoms with Gasteiger partial charge in [0.2, 0.25) is 0 Å². The first-order chi connectivity index (χ1) is 8.01. The highest BCUT2D eigenvalue weighted by Crippen LogP contribution is 2.05. The van der Waals surface area contributed by atoms with Crippen LogP contribution in [-0.4, -0.2) is 50.2 Å². The van der Waals surface area contributed by atoms with Crippen molar-refractivity contribution < 1.29 is 14.6 Å². The van der Waals surface area contributed by atoms with Gasteiger partial charge >= 0.3 is 0 Å². The molecule has 0 saturated heterocycles. The molecule has 0 aliphatic carbocycles. The second-order valence-corrected chi connectivity index (χ2v) is 4.92. The summed E-state index contributed by atoms with van der Waals surface area (Å²) in [7, 11) is 1.65. The number of methoxy groups -OCH3 is 1. The van der Waals surface area contributed by atoms with E-state index in [-0.39, 0.29) is 6.10 Å². The van der Waals surface area contributed by atoms with Gasteiger partial charge in [-0.15, -0.1) is 0 Å². The van der Waals surface area contributed by atoms with Gasteiger partial charge in [0.1, 0.15) is 0 Å². The quantitative estimate of drug-likeness (QED) is 0.613. The van der Waals surface area contributed by atoms with Crippen LogP contribution in [0.2, 0.25) is 0 Å². The molecule has 0 amide bonds. The van der Waals surface area contributed by atoms with Crippen molar-refractivity contribution in [3.63, 3.8) is 0 Å². The summed E-state index contributed by atoms with van der Waals surface area (Å²) in [4.78, 5) is 0. The standard InChI is InChI=1S/C13H29NO3/c1-6-13(10(2)3)14-7-12(15)9-17-11(4)8-16-5/h10-15H,6-9H2,1-5H3. The molecule has 17 heavy (non-hydrogen) atoms. The number of aliphatic hydroxyl groups excluding tert-OH is 1. The van der Waals surface area contributed by atoms with Crippen LogP contribution < -0.4 is 5.32 Å². The van der Waals surface area contributed by atoms with Gasteiger partial charge in [0.05, 0.1) is 25.4 Å². The van der Waals surface area contributed by atoms with E-state index in [1.807, 2.05) is 6.92 Å². The summed E-state index contributed by atoms with van der Waals surface area (Å²) in [5.41, 5.74) is 0. The fourth-order valence-electron chi connectivity index (χ4n) is 1.76. The molecule has 0 aromatic rings. The molecule has 0 spiro atoms. The van der Waals surface area contributed by atoms with Crippen molar-refractivity contribution in [1.82, 2.24) is 5.32 Å². The van der Waals surface area contributed by atoms with Crippen molar-refractivity contribution in [3.05, 3.63) is 0 Å². The first-order valence-corrected chi connectivity index (χ1v) is 6.53. The lowest BCUT2D eigenvalue weighted by Gasteiger charge is -2.23. The van der Waals surface area contributed by atoms with E-state index in [4.69, 9.17) is 9.47 Å². The minimum absolute atomic E-state index is 0.0294. The van der Waals surface area contributed by atoms with Gasteiger partial charge in [0.25, 0.3) is 0 Å². The molecule has 3 unspecified atom stereocenters. The molecule has 0 rings (SSSR count). The first-order valence-electron chi connectivity index (χ1n) is 6.53. The van der Waals surface area contributed by atoms with Crippen molar-refractivity contribution >= 4 is 0 Å². The Bertz CT molecular complexity index is 176. The number of ether oxygens (including phenoxy) is 2. The maximum absolute atomic E-state index is 9.76. The summed E-state index contributed by atoms with van der Waals surface area (Å²) in [5, 5.41) is 13.1. The van der Waals surface area contributed by atoms with Gasteiger partial charge in [-0.05, 0) is 19.3 Å².